The molecule has 0 spiro atoms. The van der Waals surface area contributed by atoms with E-state index in [2.05, 4.69) is 0 Å². The highest BCUT2D eigenvalue weighted by molar-refractivity contribution is 5.45. The van der Waals surface area contributed by atoms with Crippen LogP contribution in [0.15, 0.2) is 54.6 Å². The second-order valence-corrected chi connectivity index (χ2v) is 9.50. The van der Waals surface area contributed by atoms with E-state index in [1.54, 1.807) is 30.3 Å². The van der Waals surface area contributed by atoms with E-state index in [4.69, 9.17) is 18.9 Å². The van der Waals surface area contributed by atoms with Crippen LogP contribution in [0, 0.1) is 11.8 Å². The first-order valence-corrected chi connectivity index (χ1v) is 12.8. The lowest BCUT2D eigenvalue weighted by atomic mass is 9.83. The maximum absolute atomic E-state index is 10.8. The predicted molar refractivity (Wildman–Crippen MR) is 147 cm³/mol. The second-order valence-electron chi connectivity index (χ2n) is 9.50. The van der Waals surface area contributed by atoms with E-state index in [0.717, 1.165) is 11.1 Å². The summed E-state index contributed by atoms with van der Waals surface area (Å²) in [6, 6.07) is 14.6. The number of aliphatic hydroxyl groups is 4. The number of phenols is 2. The lowest BCUT2D eigenvalue weighted by Crippen LogP contribution is -2.29. The largest absolute Gasteiger partial charge is 0.504 e. The molecule has 218 valence electrons. The molecule has 0 unspecified atom stereocenters. The molecule has 4 atom stereocenters. The quantitative estimate of drug-likeness (QED) is 0.164. The van der Waals surface area contributed by atoms with Crippen molar-refractivity contribution in [3.8, 4) is 34.5 Å². The van der Waals surface area contributed by atoms with E-state index in [1.807, 2.05) is 0 Å². The molecule has 0 bridgehead atoms. The maximum Gasteiger partial charge on any atom is 0.161 e. The van der Waals surface area contributed by atoms with E-state index in [0.29, 0.717) is 35.7 Å². The number of benzene rings is 3. The molecule has 40 heavy (non-hydrogen) atoms. The van der Waals surface area contributed by atoms with Crippen LogP contribution in [0.5, 0.6) is 34.5 Å². The van der Waals surface area contributed by atoms with Crippen molar-refractivity contribution in [2.24, 2.45) is 11.8 Å². The highest BCUT2D eigenvalue weighted by Crippen LogP contribution is 2.35. The average Bonchev–Trinajstić information content (AvgIpc) is 2.98. The SMILES string of the molecule is COc1cc(C[C@@H](CO)[C@H](CO)Cc2ccc(O[C@H](CO)[C@H](O)c3ccc(O)c(OC)c3)c(OC)c2)ccc1O. The fourth-order valence-electron chi connectivity index (χ4n) is 4.61. The van der Waals surface area contributed by atoms with Gasteiger partial charge in [0.05, 0.1) is 27.9 Å². The van der Waals surface area contributed by atoms with Gasteiger partial charge in [0.25, 0.3) is 0 Å². The van der Waals surface area contributed by atoms with Crippen molar-refractivity contribution in [1.29, 1.82) is 0 Å². The highest BCUT2D eigenvalue weighted by Gasteiger charge is 2.26. The van der Waals surface area contributed by atoms with Crippen molar-refractivity contribution in [2.75, 3.05) is 41.2 Å². The summed E-state index contributed by atoms with van der Waals surface area (Å²) in [5, 5.41) is 60.7. The van der Waals surface area contributed by atoms with Crippen LogP contribution in [0.2, 0.25) is 0 Å². The van der Waals surface area contributed by atoms with Gasteiger partial charge in [0.1, 0.15) is 6.10 Å². The molecule has 0 aromatic heterocycles. The first-order chi connectivity index (χ1) is 19.3. The molecule has 0 radical (unpaired) electrons. The first kappa shape index (κ1) is 30.8. The van der Waals surface area contributed by atoms with Gasteiger partial charge in [-0.2, -0.15) is 0 Å². The van der Waals surface area contributed by atoms with E-state index < -0.39 is 18.8 Å². The Bertz CT molecular complexity index is 1230. The van der Waals surface area contributed by atoms with E-state index >= 15 is 0 Å². The second kappa shape index (κ2) is 14.6. The summed E-state index contributed by atoms with van der Waals surface area (Å²) in [7, 11) is 4.33. The number of aromatic hydroxyl groups is 2. The van der Waals surface area contributed by atoms with Crippen LogP contribution in [0.1, 0.15) is 22.8 Å². The zero-order valence-electron chi connectivity index (χ0n) is 22.9. The fourth-order valence-corrected chi connectivity index (χ4v) is 4.61. The lowest BCUT2D eigenvalue weighted by molar-refractivity contribution is -0.000531. The van der Waals surface area contributed by atoms with Crippen molar-refractivity contribution < 1.29 is 49.6 Å². The zero-order chi connectivity index (χ0) is 29.2. The summed E-state index contributed by atoms with van der Waals surface area (Å²) < 4.78 is 21.7. The van der Waals surface area contributed by atoms with Crippen LogP contribution in [0.3, 0.4) is 0 Å². The Morgan fingerprint density at radius 2 is 1.10 bits per heavy atom. The van der Waals surface area contributed by atoms with Gasteiger partial charge in [-0.05, 0) is 77.8 Å². The maximum atomic E-state index is 10.8. The van der Waals surface area contributed by atoms with E-state index in [-0.39, 0.29) is 42.3 Å². The topological polar surface area (TPSA) is 158 Å². The Hall–Kier alpha value is -3.70. The third-order valence-electron chi connectivity index (χ3n) is 6.96. The van der Waals surface area contributed by atoms with Crippen LogP contribution in [0.4, 0.5) is 0 Å². The van der Waals surface area contributed by atoms with E-state index in [1.165, 1.54) is 45.6 Å². The summed E-state index contributed by atoms with van der Waals surface area (Å²) in [4.78, 5) is 0. The minimum atomic E-state index is -1.23. The predicted octanol–water partition coefficient (Wildman–Crippen LogP) is 2.60. The van der Waals surface area contributed by atoms with Crippen LogP contribution >= 0.6 is 0 Å². The Labute approximate surface area is 233 Å². The smallest absolute Gasteiger partial charge is 0.161 e. The molecule has 10 nitrogen and oxygen atoms in total. The van der Waals surface area contributed by atoms with Crippen LogP contribution in [0.25, 0.3) is 0 Å². The summed E-state index contributed by atoms with van der Waals surface area (Å²) >= 11 is 0. The van der Waals surface area contributed by atoms with Gasteiger partial charge in [0, 0.05) is 13.2 Å². The van der Waals surface area contributed by atoms with Crippen molar-refractivity contribution >= 4 is 0 Å². The third-order valence-corrected chi connectivity index (χ3v) is 6.96. The Morgan fingerprint density at radius 3 is 1.62 bits per heavy atom. The molecule has 3 aromatic rings. The van der Waals surface area contributed by atoms with Crippen molar-refractivity contribution in [3.05, 3.63) is 71.3 Å². The molecule has 6 N–H and O–H groups in total. The number of hydrogen-bond donors (Lipinski definition) is 6. The minimum Gasteiger partial charge on any atom is -0.504 e. The van der Waals surface area contributed by atoms with Gasteiger partial charge in [-0.25, -0.2) is 0 Å². The lowest BCUT2D eigenvalue weighted by Gasteiger charge is -2.26. The molecule has 3 rings (SSSR count). The van der Waals surface area contributed by atoms with Gasteiger partial charge >= 0.3 is 0 Å². The average molecular weight is 559 g/mol. The van der Waals surface area contributed by atoms with Gasteiger partial charge in [-0.15, -0.1) is 0 Å². The monoisotopic (exact) mass is 558 g/mol. The van der Waals surface area contributed by atoms with Gasteiger partial charge in [-0.1, -0.05) is 18.2 Å². The van der Waals surface area contributed by atoms with Crippen LogP contribution in [-0.2, 0) is 12.8 Å². The van der Waals surface area contributed by atoms with E-state index in [9.17, 15) is 30.6 Å². The Kier molecular flexibility index (Phi) is 11.3. The number of hydrogen-bond acceptors (Lipinski definition) is 10. The van der Waals surface area contributed by atoms with Gasteiger partial charge in [-0.3, -0.25) is 0 Å². The third kappa shape index (κ3) is 7.48. The summed E-state index contributed by atoms with van der Waals surface area (Å²) in [6.45, 7) is -0.803. The minimum absolute atomic E-state index is 0.0265. The molecule has 0 aliphatic rings. The summed E-state index contributed by atoms with van der Waals surface area (Å²) in [6.07, 6.45) is -1.37. The molecule has 3 aromatic carbocycles. The van der Waals surface area contributed by atoms with Crippen molar-refractivity contribution in [1.82, 2.24) is 0 Å². The molecular weight excluding hydrogens is 520 g/mol. The summed E-state index contributed by atoms with van der Waals surface area (Å²) in [5.74, 6) is 0.584. The molecule has 10 heteroatoms. The highest BCUT2D eigenvalue weighted by atomic mass is 16.5. The molecule has 0 aliphatic heterocycles. The van der Waals surface area contributed by atoms with Gasteiger partial charge in [0.2, 0.25) is 0 Å². The normalized spacial score (nSPS) is 14.2. The van der Waals surface area contributed by atoms with Crippen molar-refractivity contribution in [3.63, 3.8) is 0 Å². The fraction of sp³-hybridized carbons (Fsp3) is 0.400. The molecule has 0 aliphatic carbocycles. The Morgan fingerprint density at radius 1 is 0.600 bits per heavy atom. The Balaban J connectivity index is 1.75. The van der Waals surface area contributed by atoms with Crippen molar-refractivity contribution in [2.45, 2.75) is 25.0 Å². The first-order valence-electron chi connectivity index (χ1n) is 12.8. The molecule has 0 saturated carbocycles. The molecule has 0 amide bonds. The number of ether oxygens (including phenoxy) is 4. The molecule has 0 saturated heterocycles. The molecule has 0 heterocycles. The number of aliphatic hydroxyl groups excluding tert-OH is 4. The van der Waals surface area contributed by atoms with Crippen LogP contribution in [-0.4, -0.2) is 77.9 Å². The van der Waals surface area contributed by atoms with Gasteiger partial charge in [0.15, 0.2) is 40.6 Å². The molecular formula is C30H38O10. The summed E-state index contributed by atoms with van der Waals surface area (Å²) in [5.41, 5.74) is 2.07. The van der Waals surface area contributed by atoms with Gasteiger partial charge < -0.3 is 49.6 Å². The number of phenolic OH excluding ortho intramolecular Hbond substituents is 2. The number of rotatable bonds is 15. The number of methoxy groups -OCH3 is 3. The van der Waals surface area contributed by atoms with Crippen LogP contribution < -0.4 is 18.9 Å². The standard InChI is InChI=1S/C30H38O10/c1-37-26-12-18(4-7-23(26)34)10-21(15-31)22(16-32)11-19-5-9-25(28(13-19)39-3)40-29(17-33)30(36)20-6-8-24(35)27(14-20)38-2/h4-9,12-14,21-22,29-36H,10-11,15-17H2,1-3H3/t21-,22-,29+,30+/m0/s1. The molecule has 0 fully saturated rings. The zero-order valence-corrected chi connectivity index (χ0v) is 22.9.